The van der Waals surface area contributed by atoms with Crippen LogP contribution in [0.1, 0.15) is 10.4 Å². The third-order valence-electron chi connectivity index (χ3n) is 10.4. The lowest BCUT2D eigenvalue weighted by atomic mass is 9.13. The smallest absolute Gasteiger partial charge is 0.217 e. The lowest BCUT2D eigenvalue weighted by Crippen LogP contribution is -2.74. The first-order chi connectivity index (χ1) is 22.7. The summed E-state index contributed by atoms with van der Waals surface area (Å²) in [6.07, 6.45) is -1.22. The molecule has 0 saturated carbocycles. The predicted octanol–water partition coefficient (Wildman–Crippen LogP) is 5.23. The number of hydrogen-bond acceptors (Lipinski definition) is 2. The SMILES string of the molecule is O=C(C[N+]12CCN(CC1)CC2)c1cccc2ccccc12.c1ccc([B-](c2ccccc2)(c2ccccc2)c2ccccc2)cc1. The molecule has 46 heavy (non-hydrogen) atoms. The van der Waals surface area contributed by atoms with Gasteiger partial charge in [-0.05, 0) is 10.8 Å². The highest BCUT2D eigenvalue weighted by Gasteiger charge is 2.40. The number of rotatable bonds is 7. The van der Waals surface area contributed by atoms with Crippen LogP contribution in [0.15, 0.2) is 164 Å². The molecule has 0 aromatic heterocycles. The van der Waals surface area contributed by atoms with E-state index < -0.39 is 6.15 Å². The molecule has 3 saturated heterocycles. The van der Waals surface area contributed by atoms with Crippen LogP contribution in [0.3, 0.4) is 0 Å². The van der Waals surface area contributed by atoms with Crippen molar-refractivity contribution in [1.82, 2.24) is 4.90 Å². The largest absolute Gasteiger partial charge is 0.314 e. The third-order valence-corrected chi connectivity index (χ3v) is 10.4. The van der Waals surface area contributed by atoms with Crippen LogP contribution < -0.4 is 21.9 Å². The Morgan fingerprint density at radius 1 is 0.500 bits per heavy atom. The summed E-state index contributed by atoms with van der Waals surface area (Å²) in [6, 6.07) is 57.8. The molecule has 3 heterocycles. The third kappa shape index (κ3) is 5.82. The van der Waals surface area contributed by atoms with Crippen molar-refractivity contribution in [2.45, 2.75) is 0 Å². The van der Waals surface area contributed by atoms with Crippen molar-refractivity contribution in [3.8, 4) is 0 Å². The van der Waals surface area contributed by atoms with Crippen LogP contribution in [0.25, 0.3) is 10.8 Å². The molecule has 3 aliphatic heterocycles. The van der Waals surface area contributed by atoms with E-state index in [0.29, 0.717) is 12.3 Å². The van der Waals surface area contributed by atoms with Gasteiger partial charge in [0.05, 0.1) is 19.6 Å². The van der Waals surface area contributed by atoms with E-state index in [1.54, 1.807) is 0 Å². The first kappa shape index (κ1) is 29.9. The summed E-state index contributed by atoms with van der Waals surface area (Å²) in [4.78, 5) is 15.4. The molecule has 0 N–H and O–H groups in total. The Morgan fingerprint density at radius 2 is 0.891 bits per heavy atom. The van der Waals surface area contributed by atoms with Crippen LogP contribution in [-0.4, -0.2) is 67.1 Å². The molecule has 0 atom stereocenters. The Hall–Kier alpha value is -4.77. The van der Waals surface area contributed by atoms with Gasteiger partial charge in [0.25, 0.3) is 0 Å². The molecule has 2 bridgehead atoms. The van der Waals surface area contributed by atoms with Crippen LogP contribution >= 0.6 is 0 Å². The maximum atomic E-state index is 12.9. The monoisotopic (exact) mass is 600 g/mol. The van der Waals surface area contributed by atoms with Crippen LogP contribution in [-0.2, 0) is 0 Å². The van der Waals surface area contributed by atoms with Crippen molar-refractivity contribution in [3.63, 3.8) is 0 Å². The first-order valence-corrected chi connectivity index (χ1v) is 16.6. The quantitative estimate of drug-likeness (QED) is 0.142. The van der Waals surface area contributed by atoms with Crippen molar-refractivity contribution in [2.24, 2.45) is 0 Å². The summed E-state index contributed by atoms with van der Waals surface area (Å²) in [5.74, 6) is 0.308. The lowest BCUT2D eigenvalue weighted by Gasteiger charge is -2.50. The van der Waals surface area contributed by atoms with Crippen molar-refractivity contribution in [2.75, 3.05) is 45.8 Å². The minimum absolute atomic E-state index is 0.308. The number of quaternary nitrogens is 1. The fourth-order valence-electron chi connectivity index (χ4n) is 7.95. The van der Waals surface area contributed by atoms with Gasteiger partial charge in [0.1, 0.15) is 12.7 Å². The van der Waals surface area contributed by atoms with Gasteiger partial charge in [-0.2, -0.15) is 21.9 Å². The normalized spacial score (nSPS) is 18.8. The maximum Gasteiger partial charge on any atom is 0.217 e. The Kier molecular flexibility index (Phi) is 8.65. The minimum Gasteiger partial charge on any atom is -0.314 e. The van der Waals surface area contributed by atoms with E-state index in [-0.39, 0.29) is 0 Å². The highest BCUT2D eigenvalue weighted by molar-refractivity contribution is 7.19. The summed E-state index contributed by atoms with van der Waals surface area (Å²) in [5.41, 5.74) is 6.25. The van der Waals surface area contributed by atoms with Crippen molar-refractivity contribution in [3.05, 3.63) is 169 Å². The minimum atomic E-state index is -1.22. The van der Waals surface area contributed by atoms with Gasteiger partial charge in [0.15, 0.2) is 0 Å². The zero-order chi connectivity index (χ0) is 31.2. The Morgan fingerprint density at radius 3 is 1.35 bits per heavy atom. The zero-order valence-electron chi connectivity index (χ0n) is 26.4. The molecule has 0 amide bonds. The number of piperazine rings is 3. The van der Waals surface area contributed by atoms with Gasteiger partial charge in [0, 0.05) is 25.2 Å². The van der Waals surface area contributed by atoms with Gasteiger partial charge >= 0.3 is 0 Å². The average molecular weight is 601 g/mol. The highest BCUT2D eigenvalue weighted by atomic mass is 16.1. The maximum absolute atomic E-state index is 12.9. The summed E-state index contributed by atoms with van der Waals surface area (Å²) in [7, 11) is 0. The van der Waals surface area contributed by atoms with Crippen LogP contribution in [0.4, 0.5) is 0 Å². The molecule has 6 aromatic rings. The number of carbonyl (C=O) groups is 1. The summed E-state index contributed by atoms with van der Waals surface area (Å²) >= 11 is 0. The first-order valence-electron chi connectivity index (χ1n) is 16.6. The van der Waals surface area contributed by atoms with E-state index in [1.165, 1.54) is 21.9 Å². The Bertz CT molecular complexity index is 1700. The molecule has 0 radical (unpaired) electrons. The number of hydrogen-bond donors (Lipinski definition) is 0. The van der Waals surface area contributed by atoms with Crippen molar-refractivity contribution >= 4 is 44.6 Å². The molecule has 0 spiro atoms. The van der Waals surface area contributed by atoms with Crippen LogP contribution in [0.5, 0.6) is 0 Å². The average Bonchev–Trinajstić information content (AvgIpc) is 3.14. The molecular formula is C42H41BN2O. The van der Waals surface area contributed by atoms with Gasteiger partial charge in [-0.25, -0.2) is 0 Å². The number of fused-ring (bicyclic) bond motifs is 4. The molecule has 0 aliphatic carbocycles. The number of ketones is 1. The second-order valence-electron chi connectivity index (χ2n) is 13.0. The molecule has 6 aromatic carbocycles. The van der Waals surface area contributed by atoms with Crippen LogP contribution in [0, 0.1) is 0 Å². The van der Waals surface area contributed by atoms with E-state index in [9.17, 15) is 4.79 Å². The number of carbonyl (C=O) groups excluding carboxylic acids is 1. The molecule has 9 rings (SSSR count). The topological polar surface area (TPSA) is 20.3 Å². The number of Topliss-reactive ketones (excluding diaryl/α,β-unsaturated/α-hetero) is 1. The molecule has 4 heteroatoms. The fraction of sp³-hybridized carbons (Fsp3) is 0.167. The number of nitrogens with zero attached hydrogens (tertiary/aromatic N) is 2. The van der Waals surface area contributed by atoms with Gasteiger partial charge in [-0.15, -0.1) is 0 Å². The molecule has 0 unspecified atom stereocenters. The standard InChI is InChI=1S/C24H20B.C18H21N2O/c1-5-13-21(14-6-1)25(22-15-7-2-8-16-22,23-17-9-3-10-18-23)24-19-11-4-12-20-24;21-18(14-20-11-8-19(9-12-20)10-13-20)17-7-3-5-15-4-1-2-6-16(15)17/h1-20H;1-7H,8-14H2/q-1;+1. The van der Waals surface area contributed by atoms with E-state index >= 15 is 0 Å². The molecule has 3 fully saturated rings. The van der Waals surface area contributed by atoms with E-state index in [2.05, 4.69) is 144 Å². The molecular weight excluding hydrogens is 559 g/mol. The van der Waals surface area contributed by atoms with Gasteiger partial charge in [-0.3, -0.25) is 9.69 Å². The Labute approximate surface area is 273 Å². The second kappa shape index (κ2) is 13.3. The van der Waals surface area contributed by atoms with Crippen molar-refractivity contribution in [1.29, 1.82) is 0 Å². The zero-order valence-corrected chi connectivity index (χ0v) is 26.4. The van der Waals surface area contributed by atoms with Gasteiger partial charge < -0.3 is 4.48 Å². The summed E-state index contributed by atoms with van der Waals surface area (Å²) in [6.45, 7) is 7.54. The molecule has 228 valence electrons. The highest BCUT2D eigenvalue weighted by Crippen LogP contribution is 2.24. The molecule has 3 aliphatic rings. The van der Waals surface area contributed by atoms with Crippen LogP contribution in [0.2, 0.25) is 0 Å². The molecule has 3 nitrogen and oxygen atoms in total. The fourth-order valence-corrected chi connectivity index (χ4v) is 7.95. The summed E-state index contributed by atoms with van der Waals surface area (Å²) < 4.78 is 0.999. The van der Waals surface area contributed by atoms with E-state index in [1.807, 2.05) is 24.3 Å². The van der Waals surface area contributed by atoms with Gasteiger partial charge in [0.2, 0.25) is 5.78 Å². The van der Waals surface area contributed by atoms with Crippen molar-refractivity contribution < 1.29 is 9.28 Å². The van der Waals surface area contributed by atoms with E-state index in [0.717, 1.165) is 60.1 Å². The summed E-state index contributed by atoms with van der Waals surface area (Å²) in [5, 5.41) is 2.26. The predicted molar refractivity (Wildman–Crippen MR) is 195 cm³/mol. The van der Waals surface area contributed by atoms with Gasteiger partial charge in [-0.1, -0.05) is 164 Å². The van der Waals surface area contributed by atoms with E-state index in [4.69, 9.17) is 0 Å². The second-order valence-corrected chi connectivity index (χ2v) is 13.0. The number of benzene rings is 6. The lowest BCUT2D eigenvalue weighted by molar-refractivity contribution is -0.933. The Balaban J connectivity index is 0.000000149.